The van der Waals surface area contributed by atoms with E-state index in [4.69, 9.17) is 0 Å². The first-order valence-corrected chi connectivity index (χ1v) is 9.30. The van der Waals surface area contributed by atoms with E-state index in [-0.39, 0.29) is 18.0 Å². The Morgan fingerprint density at radius 2 is 1.79 bits per heavy atom. The van der Waals surface area contributed by atoms with Gasteiger partial charge in [0.05, 0.1) is 0 Å². The van der Waals surface area contributed by atoms with Crippen LogP contribution in [0.3, 0.4) is 0 Å². The molecule has 0 radical (unpaired) electrons. The molecule has 142 valence electrons. The van der Waals surface area contributed by atoms with Crippen LogP contribution in [0.4, 0.5) is 0 Å². The average molecular weight is 342 g/mol. The molecule has 0 aromatic carbocycles. The van der Waals surface area contributed by atoms with Gasteiger partial charge in [0.2, 0.25) is 5.91 Å². The predicted octanol–water partition coefficient (Wildman–Crippen LogP) is 1.97. The summed E-state index contributed by atoms with van der Waals surface area (Å²) in [4.78, 5) is 18.7. The van der Waals surface area contributed by atoms with Crippen LogP contribution in [0, 0.1) is 0 Å². The van der Waals surface area contributed by atoms with Gasteiger partial charge in [0.15, 0.2) is 5.96 Å². The molecule has 0 fully saturated rings. The van der Waals surface area contributed by atoms with Crippen molar-refractivity contribution in [3.8, 4) is 0 Å². The lowest BCUT2D eigenvalue weighted by molar-refractivity contribution is -0.121. The maximum Gasteiger partial charge on any atom is 0.242 e. The molecule has 0 bridgehead atoms. The van der Waals surface area contributed by atoms with Gasteiger partial charge in [-0.3, -0.25) is 4.79 Å². The summed E-state index contributed by atoms with van der Waals surface area (Å²) in [5.41, 5.74) is -0.226. The molecular formula is C18H39N5O. The molecule has 0 saturated heterocycles. The number of hydrogen-bond acceptors (Lipinski definition) is 3. The molecule has 1 amide bonds. The lowest BCUT2D eigenvalue weighted by Gasteiger charge is -2.22. The van der Waals surface area contributed by atoms with Gasteiger partial charge in [0, 0.05) is 18.1 Å². The zero-order chi connectivity index (χ0) is 18.6. The summed E-state index contributed by atoms with van der Waals surface area (Å²) in [5.74, 6) is 0.644. The molecule has 3 N–H and O–H groups in total. The van der Waals surface area contributed by atoms with E-state index in [9.17, 15) is 4.79 Å². The summed E-state index contributed by atoms with van der Waals surface area (Å²) in [7, 11) is 0. The average Bonchev–Trinajstić information content (AvgIpc) is 2.48. The molecule has 6 heteroatoms. The minimum absolute atomic E-state index is 0.0612. The van der Waals surface area contributed by atoms with E-state index in [1.165, 1.54) is 0 Å². The third kappa shape index (κ3) is 12.2. The molecule has 0 aliphatic heterocycles. The molecule has 0 rings (SSSR count). The molecular weight excluding hydrogens is 302 g/mol. The maximum atomic E-state index is 11.9. The van der Waals surface area contributed by atoms with Crippen molar-refractivity contribution in [3.63, 3.8) is 0 Å². The summed E-state index contributed by atoms with van der Waals surface area (Å²) in [6, 6.07) is 0.323. The third-order valence-electron chi connectivity index (χ3n) is 3.63. The van der Waals surface area contributed by atoms with Gasteiger partial charge in [-0.2, -0.15) is 0 Å². The van der Waals surface area contributed by atoms with E-state index in [0.717, 1.165) is 39.0 Å². The summed E-state index contributed by atoms with van der Waals surface area (Å²) >= 11 is 0. The summed E-state index contributed by atoms with van der Waals surface area (Å²) < 4.78 is 0. The van der Waals surface area contributed by atoms with Crippen LogP contribution in [0.2, 0.25) is 0 Å². The topological polar surface area (TPSA) is 68.8 Å². The standard InChI is InChI=1S/C18H39N5O/c1-8-19-17(20-14-16(24)22-18(5,6)7)21-15(4)12-11-13-23(9-2)10-3/h15H,8-14H2,1-7H3,(H,22,24)(H2,19,20,21). The molecule has 0 aromatic rings. The lowest BCUT2D eigenvalue weighted by Crippen LogP contribution is -2.45. The molecule has 0 aliphatic carbocycles. The number of carbonyl (C=O) groups is 1. The van der Waals surface area contributed by atoms with Crippen molar-refractivity contribution >= 4 is 11.9 Å². The van der Waals surface area contributed by atoms with Crippen molar-refractivity contribution in [3.05, 3.63) is 0 Å². The Bertz CT molecular complexity index is 372. The Morgan fingerprint density at radius 1 is 1.17 bits per heavy atom. The Hall–Kier alpha value is -1.30. The van der Waals surface area contributed by atoms with Crippen LogP contribution in [-0.2, 0) is 4.79 Å². The minimum atomic E-state index is -0.226. The SMILES string of the molecule is CCNC(=NCC(=O)NC(C)(C)C)NC(C)CCCN(CC)CC. The van der Waals surface area contributed by atoms with E-state index in [1.54, 1.807) is 0 Å². The minimum Gasteiger partial charge on any atom is -0.357 e. The monoisotopic (exact) mass is 341 g/mol. The van der Waals surface area contributed by atoms with Gasteiger partial charge in [0.1, 0.15) is 6.54 Å². The zero-order valence-corrected chi connectivity index (χ0v) is 16.8. The van der Waals surface area contributed by atoms with E-state index < -0.39 is 0 Å². The third-order valence-corrected chi connectivity index (χ3v) is 3.63. The molecule has 1 atom stereocenters. The van der Waals surface area contributed by atoms with Crippen LogP contribution >= 0.6 is 0 Å². The van der Waals surface area contributed by atoms with Gasteiger partial charge < -0.3 is 20.9 Å². The highest BCUT2D eigenvalue weighted by Crippen LogP contribution is 2.00. The summed E-state index contributed by atoms with van der Waals surface area (Å²) in [6.07, 6.45) is 2.23. The molecule has 0 aliphatic rings. The Balaban J connectivity index is 4.34. The van der Waals surface area contributed by atoms with E-state index in [2.05, 4.69) is 46.6 Å². The van der Waals surface area contributed by atoms with Crippen molar-refractivity contribution in [2.45, 2.75) is 72.9 Å². The normalized spacial score (nSPS) is 13.8. The molecule has 0 heterocycles. The van der Waals surface area contributed by atoms with Gasteiger partial charge in [0.25, 0.3) is 0 Å². The van der Waals surface area contributed by atoms with Crippen LogP contribution < -0.4 is 16.0 Å². The van der Waals surface area contributed by atoms with Crippen molar-refractivity contribution < 1.29 is 4.79 Å². The highest BCUT2D eigenvalue weighted by molar-refractivity contribution is 5.85. The number of aliphatic imine (C=N–C) groups is 1. The van der Waals surface area contributed by atoms with Gasteiger partial charge >= 0.3 is 0 Å². The van der Waals surface area contributed by atoms with Crippen LogP contribution in [0.5, 0.6) is 0 Å². The quantitative estimate of drug-likeness (QED) is 0.420. The second-order valence-corrected chi connectivity index (χ2v) is 7.21. The summed E-state index contributed by atoms with van der Waals surface area (Å²) in [6.45, 7) is 18.7. The van der Waals surface area contributed by atoms with Crippen molar-refractivity contribution in [2.24, 2.45) is 4.99 Å². The Labute approximate surface area is 148 Å². The fourth-order valence-corrected chi connectivity index (χ4v) is 2.40. The lowest BCUT2D eigenvalue weighted by atomic mass is 10.1. The molecule has 6 nitrogen and oxygen atoms in total. The predicted molar refractivity (Wildman–Crippen MR) is 103 cm³/mol. The number of nitrogens with zero attached hydrogens (tertiary/aromatic N) is 2. The summed E-state index contributed by atoms with van der Waals surface area (Å²) in [5, 5.41) is 9.51. The van der Waals surface area contributed by atoms with Crippen LogP contribution in [-0.4, -0.2) is 61.1 Å². The molecule has 0 spiro atoms. The van der Waals surface area contributed by atoms with Crippen molar-refractivity contribution in [1.29, 1.82) is 0 Å². The Morgan fingerprint density at radius 3 is 2.29 bits per heavy atom. The van der Waals surface area contributed by atoms with Crippen LogP contribution in [0.25, 0.3) is 0 Å². The fraction of sp³-hybridized carbons (Fsp3) is 0.889. The first-order chi connectivity index (χ1) is 11.2. The largest absolute Gasteiger partial charge is 0.357 e. The first-order valence-electron chi connectivity index (χ1n) is 9.30. The second-order valence-electron chi connectivity index (χ2n) is 7.21. The molecule has 0 saturated carbocycles. The smallest absolute Gasteiger partial charge is 0.242 e. The highest BCUT2D eigenvalue weighted by Gasteiger charge is 2.13. The van der Waals surface area contributed by atoms with Crippen LogP contribution in [0.1, 0.15) is 61.3 Å². The van der Waals surface area contributed by atoms with Gasteiger partial charge in [-0.1, -0.05) is 13.8 Å². The number of rotatable bonds is 10. The Kier molecular flexibility index (Phi) is 11.5. The zero-order valence-electron chi connectivity index (χ0n) is 16.8. The van der Waals surface area contributed by atoms with E-state index in [0.29, 0.717) is 12.0 Å². The highest BCUT2D eigenvalue weighted by atomic mass is 16.2. The number of nitrogens with one attached hydrogen (secondary N) is 3. The maximum absolute atomic E-state index is 11.9. The van der Waals surface area contributed by atoms with E-state index in [1.807, 2.05) is 27.7 Å². The molecule has 1 unspecified atom stereocenters. The number of carbonyl (C=O) groups excluding carboxylic acids is 1. The van der Waals surface area contributed by atoms with E-state index >= 15 is 0 Å². The van der Waals surface area contributed by atoms with Crippen LogP contribution in [0.15, 0.2) is 4.99 Å². The number of guanidine groups is 1. The number of hydrogen-bond donors (Lipinski definition) is 3. The van der Waals surface area contributed by atoms with Crippen molar-refractivity contribution in [1.82, 2.24) is 20.9 Å². The molecule has 24 heavy (non-hydrogen) atoms. The van der Waals surface area contributed by atoms with Gasteiger partial charge in [-0.05, 0) is 67.1 Å². The van der Waals surface area contributed by atoms with Crippen molar-refractivity contribution in [2.75, 3.05) is 32.7 Å². The van der Waals surface area contributed by atoms with Gasteiger partial charge in [-0.15, -0.1) is 0 Å². The van der Waals surface area contributed by atoms with Gasteiger partial charge in [-0.25, -0.2) is 4.99 Å². The first kappa shape index (κ1) is 22.7. The molecule has 0 aromatic heterocycles. The second kappa shape index (κ2) is 12.1. The fourth-order valence-electron chi connectivity index (χ4n) is 2.40. The number of amides is 1.